The maximum atomic E-state index is 13.9. The van der Waals surface area contributed by atoms with Crippen molar-refractivity contribution in [3.8, 4) is 34.5 Å². The van der Waals surface area contributed by atoms with Gasteiger partial charge in [-0.15, -0.1) is 0 Å². The highest BCUT2D eigenvalue weighted by atomic mass is 16.5. The van der Waals surface area contributed by atoms with Crippen LogP contribution in [-0.4, -0.2) is 145 Å². The van der Waals surface area contributed by atoms with Crippen molar-refractivity contribution in [1.82, 2.24) is 19.6 Å². The standard InChI is InChI=1S/C34H43N3O4.C23H29NO5/c1-27(22-28-12-7-5-8-13-28)25-37(34(38)30-23-31(39-2)33(41-4)32(24-30)40-3)17-11-16-35-18-20-36(21-19-35)26-29-14-9-6-10-15-29;1-17(13-18-9-6-5-7-10-18)16-24(11-8-12-25)23(26)19-14-20(27-2)22(29-4)21(15-19)28-3/h5-10,12-15,22-24H,11,16-21,25-26H2,1-4H3;5-7,9-10,13-15,25H,8,11-12,16H2,1-4H3/b27-22+;17-13+. The van der Waals surface area contributed by atoms with Gasteiger partial charge in [0.25, 0.3) is 11.8 Å². The van der Waals surface area contributed by atoms with Crippen molar-refractivity contribution in [2.45, 2.75) is 33.2 Å². The summed E-state index contributed by atoms with van der Waals surface area (Å²) in [5.41, 5.74) is 6.67. The van der Waals surface area contributed by atoms with Gasteiger partial charge in [0.05, 0.1) is 42.7 Å². The minimum atomic E-state index is -0.168. The van der Waals surface area contributed by atoms with Gasteiger partial charge in [0.1, 0.15) is 0 Å². The number of carbonyl (C=O) groups is 2. The second-order valence-corrected chi connectivity index (χ2v) is 17.1. The van der Waals surface area contributed by atoms with Crippen LogP contribution in [-0.2, 0) is 6.54 Å². The third kappa shape index (κ3) is 16.1. The first kappa shape index (κ1) is 54.1. The number of amides is 2. The zero-order chi connectivity index (χ0) is 50.3. The van der Waals surface area contributed by atoms with Crippen LogP contribution in [0.3, 0.4) is 0 Å². The highest BCUT2D eigenvalue weighted by molar-refractivity contribution is 5.96. The summed E-state index contributed by atoms with van der Waals surface area (Å²) in [5, 5.41) is 9.26. The first-order valence-corrected chi connectivity index (χ1v) is 23.8. The molecule has 374 valence electrons. The molecule has 1 aliphatic heterocycles. The van der Waals surface area contributed by atoms with Crippen LogP contribution in [0.15, 0.2) is 126 Å². The summed E-state index contributed by atoms with van der Waals surface area (Å²) in [7, 11) is 9.25. The Labute approximate surface area is 415 Å². The number of aliphatic hydroxyl groups is 1. The molecule has 5 aromatic carbocycles. The highest BCUT2D eigenvalue weighted by Crippen LogP contribution is 2.40. The smallest absolute Gasteiger partial charge is 0.254 e. The van der Waals surface area contributed by atoms with Crippen LogP contribution in [0.25, 0.3) is 12.2 Å². The Morgan fingerprint density at radius 1 is 0.529 bits per heavy atom. The maximum Gasteiger partial charge on any atom is 0.254 e. The zero-order valence-corrected chi connectivity index (χ0v) is 42.3. The van der Waals surface area contributed by atoms with Gasteiger partial charge in [0, 0.05) is 76.6 Å². The lowest BCUT2D eigenvalue weighted by molar-refractivity contribution is 0.0747. The monoisotopic (exact) mass is 957 g/mol. The van der Waals surface area contributed by atoms with E-state index in [0.717, 1.165) is 68.0 Å². The number of ether oxygens (including phenoxy) is 6. The molecule has 13 nitrogen and oxygen atoms in total. The number of piperazine rings is 1. The second-order valence-electron chi connectivity index (χ2n) is 17.1. The summed E-state index contributed by atoms with van der Waals surface area (Å²) in [6.07, 6.45) is 5.58. The molecule has 1 fully saturated rings. The Bertz CT molecular complexity index is 2390. The van der Waals surface area contributed by atoms with Gasteiger partial charge < -0.3 is 48.2 Å². The molecule has 1 N–H and O–H groups in total. The van der Waals surface area contributed by atoms with Gasteiger partial charge in [0.2, 0.25) is 11.5 Å². The van der Waals surface area contributed by atoms with E-state index in [2.05, 4.69) is 71.3 Å². The quantitative estimate of drug-likeness (QED) is 0.0675. The van der Waals surface area contributed by atoms with Crippen LogP contribution in [0.4, 0.5) is 0 Å². The number of hydrogen-bond donors (Lipinski definition) is 1. The Hall–Kier alpha value is -6.80. The molecule has 13 heteroatoms. The summed E-state index contributed by atoms with van der Waals surface area (Å²) < 4.78 is 32.6. The molecule has 0 aliphatic carbocycles. The second kappa shape index (κ2) is 28.6. The molecule has 0 saturated carbocycles. The van der Waals surface area contributed by atoms with Crippen LogP contribution in [0.2, 0.25) is 0 Å². The normalized spacial score (nSPS) is 13.1. The van der Waals surface area contributed by atoms with Crippen LogP contribution in [0.5, 0.6) is 34.5 Å². The van der Waals surface area contributed by atoms with E-state index in [1.165, 1.54) is 26.9 Å². The van der Waals surface area contributed by atoms with Crippen LogP contribution in [0, 0.1) is 0 Å². The van der Waals surface area contributed by atoms with Crippen molar-refractivity contribution in [2.75, 3.05) is 108 Å². The minimum Gasteiger partial charge on any atom is -0.493 e. The van der Waals surface area contributed by atoms with Gasteiger partial charge in [-0.1, -0.05) is 114 Å². The number of benzene rings is 5. The van der Waals surface area contributed by atoms with Crippen molar-refractivity contribution >= 4 is 24.0 Å². The van der Waals surface area contributed by atoms with E-state index in [4.69, 9.17) is 28.4 Å². The molecule has 70 heavy (non-hydrogen) atoms. The molecule has 0 bridgehead atoms. The molecule has 0 unspecified atom stereocenters. The van der Waals surface area contributed by atoms with Crippen molar-refractivity contribution in [3.63, 3.8) is 0 Å². The van der Waals surface area contributed by atoms with E-state index >= 15 is 0 Å². The van der Waals surface area contributed by atoms with E-state index in [1.54, 1.807) is 50.5 Å². The van der Waals surface area contributed by atoms with Gasteiger partial charge in [-0.2, -0.15) is 0 Å². The third-order valence-corrected chi connectivity index (χ3v) is 11.9. The van der Waals surface area contributed by atoms with E-state index in [1.807, 2.05) is 60.4 Å². The summed E-state index contributed by atoms with van der Waals surface area (Å²) in [6.45, 7) is 12.3. The van der Waals surface area contributed by atoms with Crippen molar-refractivity contribution in [2.24, 2.45) is 0 Å². The molecular weight excluding hydrogens is 885 g/mol. The Morgan fingerprint density at radius 2 is 0.900 bits per heavy atom. The molecule has 0 aromatic heterocycles. The number of nitrogens with zero attached hydrogens (tertiary/aromatic N) is 4. The summed E-state index contributed by atoms with van der Waals surface area (Å²) in [6, 6.07) is 37.6. The first-order valence-electron chi connectivity index (χ1n) is 23.8. The van der Waals surface area contributed by atoms with Gasteiger partial charge in [-0.3, -0.25) is 14.5 Å². The largest absolute Gasteiger partial charge is 0.493 e. The van der Waals surface area contributed by atoms with E-state index < -0.39 is 0 Å². The zero-order valence-electron chi connectivity index (χ0n) is 42.3. The Morgan fingerprint density at radius 3 is 1.27 bits per heavy atom. The van der Waals surface area contributed by atoms with Gasteiger partial charge in [-0.05, 0) is 74.2 Å². The average molecular weight is 957 g/mol. The maximum absolute atomic E-state index is 13.9. The van der Waals surface area contributed by atoms with Crippen molar-refractivity contribution in [1.29, 1.82) is 0 Å². The fourth-order valence-electron chi connectivity index (χ4n) is 8.40. The predicted octanol–water partition coefficient (Wildman–Crippen LogP) is 9.11. The predicted molar refractivity (Wildman–Crippen MR) is 279 cm³/mol. The van der Waals surface area contributed by atoms with Crippen molar-refractivity contribution in [3.05, 3.63) is 154 Å². The third-order valence-electron chi connectivity index (χ3n) is 11.9. The van der Waals surface area contributed by atoms with Crippen LogP contribution < -0.4 is 28.4 Å². The molecule has 1 saturated heterocycles. The number of methoxy groups -OCH3 is 6. The molecule has 5 aromatic rings. The summed E-state index contributed by atoms with van der Waals surface area (Å²) in [4.78, 5) is 35.8. The first-order chi connectivity index (χ1) is 34.0. The van der Waals surface area contributed by atoms with Crippen LogP contribution in [0.1, 0.15) is 64.1 Å². The lowest BCUT2D eigenvalue weighted by atomic mass is 10.1. The highest BCUT2D eigenvalue weighted by Gasteiger charge is 2.24. The SMILES string of the molecule is COc1cc(C(=O)N(CCCN2CCN(Cc3ccccc3)CC2)C/C(C)=C/c2ccccc2)cc(OC)c1OC.COc1cc(C(=O)N(CCCO)C/C(C)=C/c2ccccc2)cc(OC)c1OC. The van der Waals surface area contributed by atoms with Crippen molar-refractivity contribution < 1.29 is 43.1 Å². The lowest BCUT2D eigenvalue weighted by Crippen LogP contribution is -2.46. The molecular formula is C57H72N4O9. The van der Waals surface area contributed by atoms with Crippen LogP contribution >= 0.6 is 0 Å². The summed E-state index contributed by atoms with van der Waals surface area (Å²) >= 11 is 0. The Balaban J connectivity index is 0.000000277. The van der Waals surface area contributed by atoms with Gasteiger partial charge >= 0.3 is 0 Å². The molecule has 0 atom stereocenters. The van der Waals surface area contributed by atoms with E-state index in [9.17, 15) is 14.7 Å². The molecule has 1 heterocycles. The lowest BCUT2D eigenvalue weighted by Gasteiger charge is -2.35. The minimum absolute atomic E-state index is 0.0144. The Kier molecular flexibility index (Phi) is 22.1. The molecule has 1 aliphatic rings. The number of aliphatic hydroxyl groups excluding tert-OH is 1. The molecule has 2 amide bonds. The number of rotatable bonds is 23. The average Bonchev–Trinajstić information content (AvgIpc) is 3.39. The molecule has 6 rings (SSSR count). The fourth-order valence-corrected chi connectivity index (χ4v) is 8.40. The fraction of sp³-hybridized carbons (Fsp3) is 0.368. The van der Waals surface area contributed by atoms with E-state index in [-0.39, 0.29) is 18.4 Å². The van der Waals surface area contributed by atoms with Gasteiger partial charge in [0.15, 0.2) is 23.0 Å². The number of hydrogen-bond acceptors (Lipinski definition) is 11. The molecule has 0 radical (unpaired) electrons. The van der Waals surface area contributed by atoms with Gasteiger partial charge in [-0.25, -0.2) is 0 Å². The van der Waals surface area contributed by atoms with E-state index in [0.29, 0.717) is 78.2 Å². The topological polar surface area (TPSA) is 123 Å². The molecule has 0 spiro atoms. The number of carbonyl (C=O) groups excluding carboxylic acids is 2. The summed E-state index contributed by atoms with van der Waals surface area (Å²) in [5.74, 6) is 2.48.